The minimum atomic E-state index is 0.654. The molecule has 1 rings (SSSR count). The van der Waals surface area contributed by atoms with E-state index in [1.54, 1.807) is 0 Å². The van der Waals surface area contributed by atoms with Crippen molar-refractivity contribution in [3.8, 4) is 0 Å². The number of H-pyrrole nitrogens is 1. The van der Waals surface area contributed by atoms with E-state index >= 15 is 0 Å². The molecular formula is C9H15N. The van der Waals surface area contributed by atoms with Crippen molar-refractivity contribution in [3.63, 3.8) is 0 Å². The second-order valence-electron chi connectivity index (χ2n) is 2.94. The van der Waals surface area contributed by atoms with Crippen LogP contribution in [0.5, 0.6) is 0 Å². The highest BCUT2D eigenvalue weighted by Gasteiger charge is 2.04. The van der Waals surface area contributed by atoms with E-state index in [0.29, 0.717) is 5.92 Å². The molecule has 0 aliphatic heterocycles. The molecular weight excluding hydrogens is 122 g/mol. The van der Waals surface area contributed by atoms with Crippen LogP contribution in [-0.4, -0.2) is 4.98 Å². The van der Waals surface area contributed by atoms with Gasteiger partial charge in [0.15, 0.2) is 0 Å². The van der Waals surface area contributed by atoms with Crippen LogP contribution in [-0.2, 0) is 6.42 Å². The molecule has 1 aromatic rings. The van der Waals surface area contributed by atoms with E-state index in [9.17, 15) is 0 Å². The monoisotopic (exact) mass is 137 g/mol. The third-order valence-electron chi connectivity index (χ3n) is 1.87. The number of aromatic nitrogens is 1. The Bertz CT molecular complexity index is 198. The quantitative estimate of drug-likeness (QED) is 0.645. The number of hydrogen-bond donors (Lipinski definition) is 1. The lowest BCUT2D eigenvalue weighted by Gasteiger charge is -2.03. The molecule has 56 valence electrons. The molecule has 1 heteroatoms. The third-order valence-corrected chi connectivity index (χ3v) is 1.87. The topological polar surface area (TPSA) is 15.8 Å². The Morgan fingerprint density at radius 1 is 1.40 bits per heavy atom. The van der Waals surface area contributed by atoms with Gasteiger partial charge < -0.3 is 4.98 Å². The Morgan fingerprint density at radius 2 is 2.10 bits per heavy atom. The molecule has 1 N–H and O–H groups in total. The fourth-order valence-corrected chi connectivity index (χ4v) is 1.25. The summed E-state index contributed by atoms with van der Waals surface area (Å²) < 4.78 is 0. The molecule has 1 aromatic heterocycles. The average Bonchev–Trinajstić information content (AvgIpc) is 2.33. The summed E-state index contributed by atoms with van der Waals surface area (Å²) in [5, 5.41) is 0. The largest absolute Gasteiger partial charge is 0.367 e. The van der Waals surface area contributed by atoms with Crippen LogP contribution < -0.4 is 0 Å². The molecule has 0 aromatic carbocycles. The van der Waals surface area contributed by atoms with Crippen LogP contribution in [0.25, 0.3) is 0 Å². The zero-order valence-electron chi connectivity index (χ0n) is 6.94. The van der Waals surface area contributed by atoms with Gasteiger partial charge in [-0.25, -0.2) is 0 Å². The van der Waals surface area contributed by atoms with Crippen LogP contribution in [0.2, 0.25) is 0 Å². The van der Waals surface area contributed by atoms with Gasteiger partial charge in [-0.15, -0.1) is 0 Å². The lowest BCUT2D eigenvalue weighted by molar-refractivity contribution is 0.850. The molecule has 0 bridgehead atoms. The van der Waals surface area contributed by atoms with Crippen LogP contribution in [0.4, 0.5) is 0 Å². The first-order valence-electron chi connectivity index (χ1n) is 3.91. The summed E-state index contributed by atoms with van der Waals surface area (Å²) in [5.41, 5.74) is 2.91. The molecule has 0 aliphatic rings. The van der Waals surface area contributed by atoms with Gasteiger partial charge >= 0.3 is 0 Å². The molecule has 0 radical (unpaired) electrons. The fraction of sp³-hybridized carbons (Fsp3) is 0.556. The van der Waals surface area contributed by atoms with Gasteiger partial charge in [0.2, 0.25) is 0 Å². The Labute approximate surface area is 62.5 Å². The number of rotatable bonds is 2. The summed E-state index contributed by atoms with van der Waals surface area (Å²) in [6.45, 7) is 6.64. The number of hydrogen-bond acceptors (Lipinski definition) is 0. The van der Waals surface area contributed by atoms with E-state index in [1.165, 1.54) is 11.1 Å². The average molecular weight is 137 g/mol. The highest BCUT2D eigenvalue weighted by atomic mass is 14.6. The number of aromatic amines is 1. The lowest BCUT2D eigenvalue weighted by atomic mass is 10.0. The second kappa shape index (κ2) is 2.91. The highest BCUT2D eigenvalue weighted by Crippen LogP contribution is 2.18. The first-order chi connectivity index (χ1) is 4.75. The van der Waals surface area contributed by atoms with E-state index in [0.717, 1.165) is 6.42 Å². The first-order valence-corrected chi connectivity index (χ1v) is 3.91. The normalized spacial score (nSPS) is 10.8. The van der Waals surface area contributed by atoms with Gasteiger partial charge in [0.25, 0.3) is 0 Å². The van der Waals surface area contributed by atoms with Gasteiger partial charge in [-0.05, 0) is 23.5 Å². The Morgan fingerprint density at radius 3 is 2.50 bits per heavy atom. The fourth-order valence-electron chi connectivity index (χ4n) is 1.25. The maximum Gasteiger partial charge on any atom is 0.00428 e. The van der Waals surface area contributed by atoms with Gasteiger partial charge in [-0.3, -0.25) is 0 Å². The SMILES string of the molecule is CCc1c[nH]cc1C(C)C. The zero-order chi connectivity index (χ0) is 7.56. The van der Waals surface area contributed by atoms with Crippen LogP contribution in [0, 0.1) is 0 Å². The van der Waals surface area contributed by atoms with Crippen molar-refractivity contribution >= 4 is 0 Å². The molecule has 0 saturated heterocycles. The molecule has 0 amide bonds. The number of aryl methyl sites for hydroxylation is 1. The maximum absolute atomic E-state index is 3.13. The second-order valence-corrected chi connectivity index (χ2v) is 2.94. The summed E-state index contributed by atoms with van der Waals surface area (Å²) in [4.78, 5) is 3.13. The molecule has 0 saturated carbocycles. The highest BCUT2D eigenvalue weighted by molar-refractivity contribution is 5.25. The molecule has 1 nitrogen and oxygen atoms in total. The Balaban J connectivity index is 2.90. The predicted octanol–water partition coefficient (Wildman–Crippen LogP) is 2.70. The van der Waals surface area contributed by atoms with Gasteiger partial charge in [0.1, 0.15) is 0 Å². The lowest BCUT2D eigenvalue weighted by Crippen LogP contribution is -1.88. The van der Waals surface area contributed by atoms with Crippen molar-refractivity contribution in [1.29, 1.82) is 0 Å². The van der Waals surface area contributed by atoms with E-state index in [1.807, 2.05) is 0 Å². The van der Waals surface area contributed by atoms with Gasteiger partial charge in [0, 0.05) is 12.4 Å². The summed E-state index contributed by atoms with van der Waals surface area (Å²) in [6.07, 6.45) is 5.33. The predicted molar refractivity (Wildman–Crippen MR) is 44.3 cm³/mol. The van der Waals surface area contributed by atoms with Crippen molar-refractivity contribution in [2.75, 3.05) is 0 Å². The summed E-state index contributed by atoms with van der Waals surface area (Å²) >= 11 is 0. The van der Waals surface area contributed by atoms with Crippen molar-refractivity contribution in [3.05, 3.63) is 23.5 Å². The summed E-state index contributed by atoms with van der Waals surface area (Å²) in [6, 6.07) is 0. The Kier molecular flexibility index (Phi) is 2.15. The van der Waals surface area contributed by atoms with Crippen molar-refractivity contribution in [2.24, 2.45) is 0 Å². The summed E-state index contributed by atoms with van der Waals surface area (Å²) in [7, 11) is 0. The zero-order valence-corrected chi connectivity index (χ0v) is 6.94. The maximum atomic E-state index is 3.13. The third kappa shape index (κ3) is 1.23. The van der Waals surface area contributed by atoms with Crippen LogP contribution in [0.1, 0.15) is 37.8 Å². The van der Waals surface area contributed by atoms with E-state index in [4.69, 9.17) is 0 Å². The molecule has 10 heavy (non-hydrogen) atoms. The molecule has 0 unspecified atom stereocenters. The minimum Gasteiger partial charge on any atom is -0.367 e. The molecule has 0 spiro atoms. The van der Waals surface area contributed by atoms with Gasteiger partial charge in [0.05, 0.1) is 0 Å². The smallest absolute Gasteiger partial charge is 0.00428 e. The van der Waals surface area contributed by atoms with Crippen molar-refractivity contribution in [1.82, 2.24) is 4.98 Å². The minimum absolute atomic E-state index is 0.654. The van der Waals surface area contributed by atoms with Crippen LogP contribution >= 0.6 is 0 Å². The van der Waals surface area contributed by atoms with Gasteiger partial charge in [-0.2, -0.15) is 0 Å². The first kappa shape index (κ1) is 7.39. The standard InChI is InChI=1S/C9H15N/c1-4-8-5-10-6-9(8)7(2)3/h5-7,10H,4H2,1-3H3. The van der Waals surface area contributed by atoms with Crippen molar-refractivity contribution in [2.45, 2.75) is 33.1 Å². The van der Waals surface area contributed by atoms with E-state index in [2.05, 4.69) is 38.1 Å². The molecule has 1 heterocycles. The van der Waals surface area contributed by atoms with Crippen molar-refractivity contribution < 1.29 is 0 Å². The van der Waals surface area contributed by atoms with Gasteiger partial charge in [-0.1, -0.05) is 20.8 Å². The van der Waals surface area contributed by atoms with E-state index < -0.39 is 0 Å². The Hall–Kier alpha value is -0.720. The molecule has 0 aliphatic carbocycles. The molecule has 0 fully saturated rings. The van der Waals surface area contributed by atoms with Crippen LogP contribution in [0.15, 0.2) is 12.4 Å². The molecule has 0 atom stereocenters. The summed E-state index contributed by atoms with van der Waals surface area (Å²) in [5.74, 6) is 0.654. The van der Waals surface area contributed by atoms with Crippen LogP contribution in [0.3, 0.4) is 0 Å². The van der Waals surface area contributed by atoms with E-state index in [-0.39, 0.29) is 0 Å². The number of nitrogens with one attached hydrogen (secondary N) is 1.